The van der Waals surface area contributed by atoms with E-state index in [0.29, 0.717) is 12.4 Å². The van der Waals surface area contributed by atoms with Crippen LogP contribution >= 0.6 is 0 Å². The van der Waals surface area contributed by atoms with Crippen LogP contribution in [-0.2, 0) is 11.2 Å². The molecule has 9 heteroatoms. The second-order valence-electron chi connectivity index (χ2n) is 7.25. The molecule has 2 amide bonds. The molecule has 0 saturated carbocycles. The molecule has 2 aliphatic heterocycles. The molecule has 0 radical (unpaired) electrons. The zero-order chi connectivity index (χ0) is 20.9. The number of rotatable bonds is 4. The fraction of sp³-hybridized carbons (Fsp3) is 0.429. The highest BCUT2D eigenvalue weighted by atomic mass is 16.7. The van der Waals surface area contributed by atoms with Crippen LogP contribution in [0.3, 0.4) is 0 Å². The summed E-state index contributed by atoms with van der Waals surface area (Å²) in [5.41, 5.74) is 2.07. The molecule has 1 aromatic heterocycles. The molecule has 0 aliphatic carbocycles. The standard InChI is InChI=1S/C21H25N5O4/c1-2-29-21(28)30-19-13-18(22-14-23-19)25-10-8-16(9-11-25)26-12-7-15-5-3-4-6-17(15)24-20(26)27/h3-6,13-14,16H,2,7-12H2,1H3,(H,24,27). The van der Waals surface area contributed by atoms with Gasteiger partial charge in [0.05, 0.1) is 6.61 Å². The van der Waals surface area contributed by atoms with Gasteiger partial charge in [-0.2, -0.15) is 0 Å². The number of nitrogens with zero attached hydrogens (tertiary/aromatic N) is 4. The van der Waals surface area contributed by atoms with Gasteiger partial charge in [-0.05, 0) is 37.8 Å². The first kappa shape index (κ1) is 19.9. The smallest absolute Gasteiger partial charge is 0.434 e. The zero-order valence-electron chi connectivity index (χ0n) is 16.9. The molecule has 4 rings (SSSR count). The van der Waals surface area contributed by atoms with E-state index in [-0.39, 0.29) is 24.6 Å². The fourth-order valence-corrected chi connectivity index (χ4v) is 3.94. The van der Waals surface area contributed by atoms with Crippen molar-refractivity contribution in [2.75, 3.05) is 36.5 Å². The van der Waals surface area contributed by atoms with Gasteiger partial charge in [0, 0.05) is 37.4 Å². The molecule has 1 N–H and O–H groups in total. The predicted octanol–water partition coefficient (Wildman–Crippen LogP) is 3.07. The first-order valence-corrected chi connectivity index (χ1v) is 10.2. The molecule has 2 aromatic rings. The molecule has 0 unspecified atom stereocenters. The number of hydrogen-bond acceptors (Lipinski definition) is 7. The Bertz CT molecular complexity index is 914. The monoisotopic (exact) mass is 411 g/mol. The van der Waals surface area contributed by atoms with Crippen molar-refractivity contribution in [3.8, 4) is 5.88 Å². The van der Waals surface area contributed by atoms with Crippen LogP contribution in [0, 0.1) is 0 Å². The normalized spacial score (nSPS) is 17.0. The summed E-state index contributed by atoms with van der Waals surface area (Å²) in [6.07, 6.45) is 3.10. The van der Waals surface area contributed by atoms with Crippen molar-refractivity contribution in [3.63, 3.8) is 0 Å². The van der Waals surface area contributed by atoms with Crippen LogP contribution in [0.5, 0.6) is 5.88 Å². The first-order valence-electron chi connectivity index (χ1n) is 10.2. The van der Waals surface area contributed by atoms with Gasteiger partial charge >= 0.3 is 12.2 Å². The second-order valence-corrected chi connectivity index (χ2v) is 7.25. The summed E-state index contributed by atoms with van der Waals surface area (Å²) >= 11 is 0. The summed E-state index contributed by atoms with van der Waals surface area (Å²) in [6, 6.07) is 9.72. The number of urea groups is 1. The van der Waals surface area contributed by atoms with E-state index in [0.717, 1.165) is 38.0 Å². The van der Waals surface area contributed by atoms with E-state index >= 15 is 0 Å². The van der Waals surface area contributed by atoms with Gasteiger partial charge in [-0.1, -0.05) is 18.2 Å². The van der Waals surface area contributed by atoms with Crippen molar-refractivity contribution in [1.29, 1.82) is 0 Å². The number of carbonyl (C=O) groups excluding carboxylic acids is 2. The van der Waals surface area contributed by atoms with Gasteiger partial charge in [0.15, 0.2) is 0 Å². The molecule has 0 spiro atoms. The van der Waals surface area contributed by atoms with Gasteiger partial charge in [0.2, 0.25) is 5.88 Å². The summed E-state index contributed by atoms with van der Waals surface area (Å²) in [5.74, 6) is 0.848. The van der Waals surface area contributed by atoms with Crippen LogP contribution in [-0.4, -0.2) is 59.3 Å². The Kier molecular flexibility index (Phi) is 5.97. The Hall–Kier alpha value is -3.36. The number of amides is 2. The highest BCUT2D eigenvalue weighted by Crippen LogP contribution is 2.26. The minimum atomic E-state index is -0.783. The van der Waals surface area contributed by atoms with Crippen LogP contribution < -0.4 is 15.0 Å². The molecule has 2 aliphatic rings. The third-order valence-corrected chi connectivity index (χ3v) is 5.45. The Morgan fingerprint density at radius 2 is 2.00 bits per heavy atom. The summed E-state index contributed by atoms with van der Waals surface area (Å²) < 4.78 is 9.84. The maximum absolute atomic E-state index is 12.7. The molecule has 0 atom stereocenters. The number of aromatic nitrogens is 2. The van der Waals surface area contributed by atoms with E-state index < -0.39 is 6.16 Å². The molecule has 3 heterocycles. The lowest BCUT2D eigenvalue weighted by Crippen LogP contribution is -2.49. The van der Waals surface area contributed by atoms with E-state index in [4.69, 9.17) is 9.47 Å². The van der Waals surface area contributed by atoms with Crippen molar-refractivity contribution in [3.05, 3.63) is 42.2 Å². The summed E-state index contributed by atoms with van der Waals surface area (Å²) in [6.45, 7) is 4.15. The lowest BCUT2D eigenvalue weighted by atomic mass is 10.0. The number of ether oxygens (including phenoxy) is 2. The quantitative estimate of drug-likeness (QED) is 0.772. The lowest BCUT2D eigenvalue weighted by Gasteiger charge is -2.38. The number of piperidine rings is 1. The number of nitrogens with one attached hydrogen (secondary N) is 1. The van der Waals surface area contributed by atoms with Crippen molar-refractivity contribution >= 4 is 23.7 Å². The molecule has 0 bridgehead atoms. The number of para-hydroxylation sites is 1. The van der Waals surface area contributed by atoms with E-state index in [1.165, 1.54) is 11.9 Å². The fourth-order valence-electron chi connectivity index (χ4n) is 3.94. The van der Waals surface area contributed by atoms with Gasteiger partial charge in [-0.15, -0.1) is 0 Å². The average molecular weight is 411 g/mol. The molecular formula is C21H25N5O4. The van der Waals surface area contributed by atoms with Crippen LogP contribution in [0.15, 0.2) is 36.7 Å². The van der Waals surface area contributed by atoms with Gasteiger partial charge in [-0.3, -0.25) is 0 Å². The lowest BCUT2D eigenvalue weighted by molar-refractivity contribution is 0.102. The Morgan fingerprint density at radius 1 is 1.20 bits per heavy atom. The molecule has 9 nitrogen and oxygen atoms in total. The summed E-state index contributed by atoms with van der Waals surface area (Å²) in [5, 5.41) is 3.04. The molecule has 158 valence electrons. The van der Waals surface area contributed by atoms with Gasteiger partial charge in [0.25, 0.3) is 0 Å². The number of hydrogen-bond donors (Lipinski definition) is 1. The minimum absolute atomic E-state index is 0.0365. The summed E-state index contributed by atoms with van der Waals surface area (Å²) in [7, 11) is 0. The third kappa shape index (κ3) is 4.45. The maximum atomic E-state index is 12.7. The Labute approximate surface area is 175 Å². The first-order chi connectivity index (χ1) is 14.6. The third-order valence-electron chi connectivity index (χ3n) is 5.45. The Morgan fingerprint density at radius 3 is 2.80 bits per heavy atom. The zero-order valence-corrected chi connectivity index (χ0v) is 16.9. The molecule has 1 aromatic carbocycles. The van der Waals surface area contributed by atoms with Crippen molar-refractivity contribution in [2.45, 2.75) is 32.2 Å². The molecule has 30 heavy (non-hydrogen) atoms. The van der Waals surface area contributed by atoms with E-state index in [9.17, 15) is 9.59 Å². The average Bonchev–Trinajstić information content (AvgIpc) is 2.92. The highest BCUT2D eigenvalue weighted by molar-refractivity contribution is 5.91. The highest BCUT2D eigenvalue weighted by Gasteiger charge is 2.30. The minimum Gasteiger partial charge on any atom is -0.434 e. The molecule has 1 saturated heterocycles. The molecular weight excluding hydrogens is 386 g/mol. The van der Waals surface area contributed by atoms with Crippen LogP contribution in [0.1, 0.15) is 25.3 Å². The van der Waals surface area contributed by atoms with Gasteiger partial charge < -0.3 is 24.6 Å². The van der Waals surface area contributed by atoms with E-state index in [1.54, 1.807) is 13.0 Å². The van der Waals surface area contributed by atoms with E-state index in [1.807, 2.05) is 23.1 Å². The van der Waals surface area contributed by atoms with Crippen molar-refractivity contribution < 1.29 is 19.1 Å². The number of carbonyl (C=O) groups is 2. The topological polar surface area (TPSA) is 96.9 Å². The van der Waals surface area contributed by atoms with Gasteiger partial charge in [0.1, 0.15) is 12.1 Å². The predicted molar refractivity (Wildman–Crippen MR) is 111 cm³/mol. The van der Waals surface area contributed by atoms with Crippen LogP contribution in [0.4, 0.5) is 21.1 Å². The maximum Gasteiger partial charge on any atom is 0.515 e. The van der Waals surface area contributed by atoms with E-state index in [2.05, 4.69) is 26.3 Å². The van der Waals surface area contributed by atoms with Gasteiger partial charge in [-0.25, -0.2) is 19.6 Å². The van der Waals surface area contributed by atoms with Crippen molar-refractivity contribution in [2.24, 2.45) is 0 Å². The largest absolute Gasteiger partial charge is 0.515 e. The number of anilines is 2. The van der Waals surface area contributed by atoms with Crippen LogP contribution in [0.25, 0.3) is 0 Å². The molecule has 1 fully saturated rings. The van der Waals surface area contributed by atoms with Crippen LogP contribution in [0.2, 0.25) is 0 Å². The number of benzene rings is 1. The summed E-state index contributed by atoms with van der Waals surface area (Å²) in [4.78, 5) is 36.6. The Balaban J connectivity index is 1.36. The second kappa shape index (κ2) is 8.98. The SMILES string of the molecule is CCOC(=O)Oc1cc(N2CCC(N3CCc4ccccc4NC3=O)CC2)ncn1. The number of fused-ring (bicyclic) bond motifs is 1. The van der Waals surface area contributed by atoms with Crippen molar-refractivity contribution in [1.82, 2.24) is 14.9 Å².